The number of carbonyl (C=O) groups excluding carboxylic acids is 2. The van der Waals surface area contributed by atoms with Crippen LogP contribution < -0.4 is 10.2 Å². The minimum atomic E-state index is -0.603. The van der Waals surface area contributed by atoms with Crippen LogP contribution in [0.15, 0.2) is 48.5 Å². The van der Waals surface area contributed by atoms with E-state index in [2.05, 4.69) is 29.6 Å². The van der Waals surface area contributed by atoms with Crippen molar-refractivity contribution in [3.05, 3.63) is 64.7 Å². The third-order valence-corrected chi connectivity index (χ3v) is 4.75. The molecule has 130 valence electrons. The Hall–Kier alpha value is -2.33. The Labute approximate surface area is 152 Å². The van der Waals surface area contributed by atoms with Gasteiger partial charge in [0.1, 0.15) is 5.92 Å². The molecule has 2 aromatic rings. The first-order valence-corrected chi connectivity index (χ1v) is 8.82. The summed E-state index contributed by atoms with van der Waals surface area (Å²) in [7, 11) is 0. The standard InChI is InChI=1S/C20H21ClN2O2/c1-14-2-4-15(5-3-14)10-12-22-19(24)18-11-13-23(20(18)25)17-8-6-16(21)7-9-17/h2-9,18H,10-13H2,1H3,(H,22,24)/t18-/m0/s1. The quantitative estimate of drug-likeness (QED) is 0.835. The van der Waals surface area contributed by atoms with E-state index >= 15 is 0 Å². The van der Waals surface area contributed by atoms with Crippen molar-refractivity contribution in [2.45, 2.75) is 19.8 Å². The molecule has 1 heterocycles. The summed E-state index contributed by atoms with van der Waals surface area (Å²) in [5.41, 5.74) is 3.17. The third kappa shape index (κ3) is 4.20. The smallest absolute Gasteiger partial charge is 0.239 e. The number of hydrogen-bond donors (Lipinski definition) is 1. The largest absolute Gasteiger partial charge is 0.355 e. The van der Waals surface area contributed by atoms with Crippen LogP contribution >= 0.6 is 11.6 Å². The Morgan fingerprint density at radius 3 is 2.52 bits per heavy atom. The zero-order valence-corrected chi connectivity index (χ0v) is 14.9. The van der Waals surface area contributed by atoms with Crippen LogP contribution in [0.25, 0.3) is 0 Å². The van der Waals surface area contributed by atoms with Crippen LogP contribution in [-0.2, 0) is 16.0 Å². The van der Waals surface area contributed by atoms with E-state index in [1.165, 1.54) is 11.1 Å². The Morgan fingerprint density at radius 2 is 1.84 bits per heavy atom. The molecule has 1 aliphatic heterocycles. The van der Waals surface area contributed by atoms with Crippen LogP contribution in [0.2, 0.25) is 5.02 Å². The molecule has 1 N–H and O–H groups in total. The molecule has 25 heavy (non-hydrogen) atoms. The monoisotopic (exact) mass is 356 g/mol. The summed E-state index contributed by atoms with van der Waals surface area (Å²) < 4.78 is 0. The molecule has 0 aromatic heterocycles. The summed E-state index contributed by atoms with van der Waals surface area (Å²) in [6.45, 7) is 3.13. The van der Waals surface area contributed by atoms with Gasteiger partial charge in [0.05, 0.1) is 0 Å². The summed E-state index contributed by atoms with van der Waals surface area (Å²) in [6.07, 6.45) is 1.30. The van der Waals surface area contributed by atoms with Gasteiger partial charge in [0.15, 0.2) is 0 Å². The molecule has 1 aliphatic rings. The summed E-state index contributed by atoms with van der Waals surface area (Å²) in [5, 5.41) is 3.52. The first-order chi connectivity index (χ1) is 12.0. The second-order valence-corrected chi connectivity index (χ2v) is 6.77. The fourth-order valence-corrected chi connectivity index (χ4v) is 3.13. The number of nitrogens with one attached hydrogen (secondary N) is 1. The first-order valence-electron chi connectivity index (χ1n) is 8.45. The molecule has 5 heteroatoms. The first kappa shape index (κ1) is 17.5. The minimum absolute atomic E-state index is 0.143. The van der Waals surface area contributed by atoms with E-state index < -0.39 is 5.92 Å². The van der Waals surface area contributed by atoms with Crippen molar-refractivity contribution in [1.29, 1.82) is 0 Å². The molecule has 4 nitrogen and oxygen atoms in total. The van der Waals surface area contributed by atoms with Crippen LogP contribution in [-0.4, -0.2) is 24.9 Å². The molecule has 0 unspecified atom stereocenters. The maximum Gasteiger partial charge on any atom is 0.239 e. The molecule has 1 saturated heterocycles. The second kappa shape index (κ2) is 7.70. The van der Waals surface area contributed by atoms with Crippen molar-refractivity contribution in [2.24, 2.45) is 5.92 Å². The number of hydrogen-bond acceptors (Lipinski definition) is 2. The average Bonchev–Trinajstić information content (AvgIpc) is 2.99. The number of halogens is 1. The van der Waals surface area contributed by atoms with E-state index in [0.717, 1.165) is 12.1 Å². The van der Waals surface area contributed by atoms with Crippen molar-refractivity contribution in [1.82, 2.24) is 5.32 Å². The van der Waals surface area contributed by atoms with E-state index in [9.17, 15) is 9.59 Å². The van der Waals surface area contributed by atoms with E-state index in [1.807, 2.05) is 6.92 Å². The predicted octanol–water partition coefficient (Wildman–Crippen LogP) is 3.36. The summed E-state index contributed by atoms with van der Waals surface area (Å²) in [5.74, 6) is -0.933. The van der Waals surface area contributed by atoms with Gasteiger partial charge in [-0.2, -0.15) is 0 Å². The maximum atomic E-state index is 12.5. The number of benzene rings is 2. The van der Waals surface area contributed by atoms with Crippen molar-refractivity contribution in [3.8, 4) is 0 Å². The summed E-state index contributed by atoms with van der Waals surface area (Å²) in [6, 6.07) is 15.3. The Kier molecular flexibility index (Phi) is 5.39. The Bertz CT molecular complexity index is 756. The number of nitrogens with zero attached hydrogens (tertiary/aromatic N) is 1. The highest BCUT2D eigenvalue weighted by Crippen LogP contribution is 2.26. The fraction of sp³-hybridized carbons (Fsp3) is 0.300. The van der Waals surface area contributed by atoms with Crippen molar-refractivity contribution in [3.63, 3.8) is 0 Å². The molecule has 0 saturated carbocycles. The lowest BCUT2D eigenvalue weighted by atomic mass is 10.1. The highest BCUT2D eigenvalue weighted by Gasteiger charge is 2.37. The summed E-state index contributed by atoms with van der Waals surface area (Å²) in [4.78, 5) is 26.5. The van der Waals surface area contributed by atoms with Gasteiger partial charge in [0.2, 0.25) is 11.8 Å². The molecule has 0 bridgehead atoms. The number of aryl methyl sites for hydroxylation is 1. The van der Waals surface area contributed by atoms with Gasteiger partial charge in [-0.3, -0.25) is 9.59 Å². The number of amides is 2. The van der Waals surface area contributed by atoms with E-state index in [4.69, 9.17) is 11.6 Å². The lowest BCUT2D eigenvalue weighted by Crippen LogP contribution is -2.37. The van der Waals surface area contributed by atoms with Gasteiger partial charge in [0.25, 0.3) is 0 Å². The lowest BCUT2D eigenvalue weighted by molar-refractivity contribution is -0.132. The van der Waals surface area contributed by atoms with Gasteiger partial charge in [0, 0.05) is 23.8 Å². The summed E-state index contributed by atoms with van der Waals surface area (Å²) >= 11 is 5.88. The molecule has 3 rings (SSSR count). The molecule has 0 aliphatic carbocycles. The SMILES string of the molecule is Cc1ccc(CCNC(=O)[C@@H]2CCN(c3ccc(Cl)cc3)C2=O)cc1. The molecule has 0 spiro atoms. The van der Waals surface area contributed by atoms with Gasteiger partial charge in [-0.15, -0.1) is 0 Å². The molecule has 1 atom stereocenters. The topological polar surface area (TPSA) is 49.4 Å². The fourth-order valence-electron chi connectivity index (χ4n) is 3.01. The minimum Gasteiger partial charge on any atom is -0.355 e. The van der Waals surface area contributed by atoms with Crippen LogP contribution in [0.1, 0.15) is 17.5 Å². The molecule has 1 fully saturated rings. The van der Waals surface area contributed by atoms with Crippen LogP contribution in [0.4, 0.5) is 5.69 Å². The Balaban J connectivity index is 1.53. The van der Waals surface area contributed by atoms with Crippen LogP contribution in [0, 0.1) is 12.8 Å². The van der Waals surface area contributed by atoms with Crippen LogP contribution in [0.3, 0.4) is 0 Å². The normalized spacial score (nSPS) is 17.0. The van der Waals surface area contributed by atoms with E-state index in [1.54, 1.807) is 29.2 Å². The predicted molar refractivity (Wildman–Crippen MR) is 99.8 cm³/mol. The molecule has 2 aromatic carbocycles. The molecular weight excluding hydrogens is 336 g/mol. The number of anilines is 1. The lowest BCUT2D eigenvalue weighted by Gasteiger charge is -2.16. The number of rotatable bonds is 5. The molecule has 2 amide bonds. The Morgan fingerprint density at radius 1 is 1.16 bits per heavy atom. The highest BCUT2D eigenvalue weighted by molar-refractivity contribution is 6.30. The van der Waals surface area contributed by atoms with Crippen molar-refractivity contribution < 1.29 is 9.59 Å². The zero-order chi connectivity index (χ0) is 17.8. The van der Waals surface area contributed by atoms with E-state index in [0.29, 0.717) is 24.5 Å². The van der Waals surface area contributed by atoms with Crippen LogP contribution in [0.5, 0.6) is 0 Å². The average molecular weight is 357 g/mol. The molecular formula is C20H21ClN2O2. The molecule has 0 radical (unpaired) electrons. The second-order valence-electron chi connectivity index (χ2n) is 6.33. The maximum absolute atomic E-state index is 12.5. The zero-order valence-electron chi connectivity index (χ0n) is 14.2. The van der Waals surface area contributed by atoms with Gasteiger partial charge in [-0.25, -0.2) is 0 Å². The number of carbonyl (C=O) groups is 2. The van der Waals surface area contributed by atoms with Gasteiger partial charge >= 0.3 is 0 Å². The van der Waals surface area contributed by atoms with Crippen molar-refractivity contribution >= 4 is 29.1 Å². The van der Waals surface area contributed by atoms with Crippen molar-refractivity contribution in [2.75, 3.05) is 18.0 Å². The third-order valence-electron chi connectivity index (χ3n) is 4.49. The van der Waals surface area contributed by atoms with Gasteiger partial charge < -0.3 is 10.2 Å². The van der Waals surface area contributed by atoms with Gasteiger partial charge in [-0.1, -0.05) is 41.4 Å². The van der Waals surface area contributed by atoms with E-state index in [-0.39, 0.29) is 11.8 Å². The van der Waals surface area contributed by atoms with Gasteiger partial charge in [-0.05, 0) is 49.6 Å². The highest BCUT2D eigenvalue weighted by atomic mass is 35.5.